The van der Waals surface area contributed by atoms with Crippen molar-refractivity contribution in [3.8, 4) is 11.5 Å². The molecule has 0 amide bonds. The Balaban J connectivity index is 2.28. The van der Waals surface area contributed by atoms with Crippen molar-refractivity contribution in [2.75, 3.05) is 7.11 Å². The summed E-state index contributed by atoms with van der Waals surface area (Å²) in [7, 11) is 1.59. The Labute approximate surface area is 139 Å². The number of halogens is 1. The Morgan fingerprint density at radius 2 is 1.68 bits per heavy atom. The molecule has 3 nitrogen and oxygen atoms in total. The molecule has 0 aliphatic heterocycles. The molecule has 22 heavy (non-hydrogen) atoms. The molecular formula is C18H19BrO3. The molecule has 0 aliphatic carbocycles. The predicted octanol–water partition coefficient (Wildman–Crippen LogP) is 4.97. The third-order valence-electron chi connectivity index (χ3n) is 3.28. The molecule has 0 aromatic heterocycles. The molecule has 0 aliphatic rings. The van der Waals surface area contributed by atoms with E-state index in [1.54, 1.807) is 31.4 Å². The second kappa shape index (κ2) is 6.53. The molecule has 0 spiro atoms. The van der Waals surface area contributed by atoms with Crippen molar-refractivity contribution in [1.29, 1.82) is 0 Å². The summed E-state index contributed by atoms with van der Waals surface area (Å²) in [4.78, 5) is 12.3. The van der Waals surface area contributed by atoms with Gasteiger partial charge in [0.1, 0.15) is 11.5 Å². The molecule has 0 heterocycles. The summed E-state index contributed by atoms with van der Waals surface area (Å²) in [5, 5.41) is 0. The fraction of sp³-hybridized carbons (Fsp3) is 0.278. The van der Waals surface area contributed by atoms with Gasteiger partial charge in [0, 0.05) is 10.0 Å². The lowest BCUT2D eigenvalue weighted by molar-refractivity contribution is 0.0732. The van der Waals surface area contributed by atoms with E-state index < -0.39 is 0 Å². The molecule has 2 rings (SSSR count). The van der Waals surface area contributed by atoms with Crippen molar-refractivity contribution in [2.45, 2.75) is 26.2 Å². The predicted molar refractivity (Wildman–Crippen MR) is 90.8 cm³/mol. The first-order valence-corrected chi connectivity index (χ1v) is 7.77. The molecule has 0 N–H and O–H groups in total. The summed E-state index contributed by atoms with van der Waals surface area (Å²) in [5.41, 5.74) is 1.34. The summed E-state index contributed by atoms with van der Waals surface area (Å²) in [6.45, 7) is 6.25. The van der Waals surface area contributed by atoms with Gasteiger partial charge in [-0.15, -0.1) is 0 Å². The minimum absolute atomic E-state index is 0.126. The van der Waals surface area contributed by atoms with Crippen LogP contribution in [0.15, 0.2) is 46.9 Å². The normalized spacial score (nSPS) is 11.1. The highest BCUT2D eigenvalue weighted by molar-refractivity contribution is 9.10. The third kappa shape index (κ3) is 3.89. The fourth-order valence-corrected chi connectivity index (χ4v) is 2.42. The lowest BCUT2D eigenvalue weighted by Crippen LogP contribution is -2.16. The number of ether oxygens (including phenoxy) is 2. The number of methoxy groups -OCH3 is 1. The van der Waals surface area contributed by atoms with E-state index >= 15 is 0 Å². The number of carbonyl (C=O) groups excluding carboxylic acids is 1. The summed E-state index contributed by atoms with van der Waals surface area (Å²) in [5.74, 6) is 0.905. The molecule has 0 fully saturated rings. The first-order valence-electron chi connectivity index (χ1n) is 6.97. The van der Waals surface area contributed by atoms with Crippen molar-refractivity contribution in [2.24, 2.45) is 0 Å². The Hall–Kier alpha value is -1.81. The minimum Gasteiger partial charge on any atom is -0.497 e. The number of carbonyl (C=O) groups is 1. The van der Waals surface area contributed by atoms with E-state index in [0.29, 0.717) is 17.1 Å². The van der Waals surface area contributed by atoms with E-state index in [1.165, 1.54) is 0 Å². The van der Waals surface area contributed by atoms with Gasteiger partial charge in [-0.1, -0.05) is 36.7 Å². The van der Waals surface area contributed by atoms with E-state index in [2.05, 4.69) is 36.7 Å². The maximum atomic E-state index is 12.3. The van der Waals surface area contributed by atoms with Crippen molar-refractivity contribution >= 4 is 21.9 Å². The third-order valence-corrected chi connectivity index (χ3v) is 3.77. The first-order chi connectivity index (χ1) is 10.3. The average Bonchev–Trinajstić information content (AvgIpc) is 2.48. The highest BCUT2D eigenvalue weighted by atomic mass is 79.9. The summed E-state index contributed by atoms with van der Waals surface area (Å²) < 4.78 is 11.6. The van der Waals surface area contributed by atoms with Crippen LogP contribution in [0.25, 0.3) is 0 Å². The summed E-state index contributed by atoms with van der Waals surface area (Å²) >= 11 is 3.46. The van der Waals surface area contributed by atoms with Gasteiger partial charge in [-0.25, -0.2) is 4.79 Å². The fourth-order valence-electron chi connectivity index (χ4n) is 2.06. The monoisotopic (exact) mass is 362 g/mol. The Morgan fingerprint density at radius 1 is 1.05 bits per heavy atom. The summed E-state index contributed by atoms with van der Waals surface area (Å²) in [6, 6.07) is 12.5. The van der Waals surface area contributed by atoms with Crippen LogP contribution in [-0.2, 0) is 5.41 Å². The van der Waals surface area contributed by atoms with Crippen LogP contribution >= 0.6 is 15.9 Å². The lowest BCUT2D eigenvalue weighted by atomic mass is 9.86. The first kappa shape index (κ1) is 16.6. The van der Waals surface area contributed by atoms with Gasteiger partial charge in [-0.05, 0) is 47.9 Å². The molecule has 0 atom stereocenters. The molecule has 0 radical (unpaired) electrons. The van der Waals surface area contributed by atoms with E-state index in [-0.39, 0.29) is 11.4 Å². The molecule has 4 heteroatoms. The standard InChI is InChI=1S/C18H19BrO3/c1-18(2,3)15-11-13(19)7-10-16(15)22-17(20)12-5-8-14(21-4)9-6-12/h5-11H,1-4H3. The van der Waals surface area contributed by atoms with Crippen LogP contribution in [0.4, 0.5) is 0 Å². The maximum absolute atomic E-state index is 12.3. The van der Waals surface area contributed by atoms with Gasteiger partial charge in [0.05, 0.1) is 12.7 Å². The molecule has 0 bridgehead atoms. The van der Waals surface area contributed by atoms with E-state index in [1.807, 2.05) is 18.2 Å². The quantitative estimate of drug-likeness (QED) is 0.570. The highest BCUT2D eigenvalue weighted by Crippen LogP contribution is 2.34. The minimum atomic E-state index is -0.379. The number of hydrogen-bond acceptors (Lipinski definition) is 3. The molecule has 0 saturated heterocycles. The number of benzene rings is 2. The van der Waals surface area contributed by atoms with Gasteiger partial charge in [0.15, 0.2) is 0 Å². The van der Waals surface area contributed by atoms with Gasteiger partial charge in [-0.3, -0.25) is 0 Å². The van der Waals surface area contributed by atoms with Gasteiger partial charge < -0.3 is 9.47 Å². The smallest absolute Gasteiger partial charge is 0.343 e. The van der Waals surface area contributed by atoms with Gasteiger partial charge >= 0.3 is 5.97 Å². The van der Waals surface area contributed by atoms with Crippen molar-refractivity contribution in [3.63, 3.8) is 0 Å². The zero-order chi connectivity index (χ0) is 16.3. The van der Waals surface area contributed by atoms with Crippen LogP contribution in [0.5, 0.6) is 11.5 Å². The number of rotatable bonds is 3. The summed E-state index contributed by atoms with van der Waals surface area (Å²) in [6.07, 6.45) is 0. The van der Waals surface area contributed by atoms with Crippen molar-refractivity contribution in [3.05, 3.63) is 58.1 Å². The topological polar surface area (TPSA) is 35.5 Å². The van der Waals surface area contributed by atoms with Gasteiger partial charge in [-0.2, -0.15) is 0 Å². The zero-order valence-corrected chi connectivity index (χ0v) is 14.7. The van der Waals surface area contributed by atoms with Crippen LogP contribution < -0.4 is 9.47 Å². The van der Waals surface area contributed by atoms with Crippen LogP contribution in [0.3, 0.4) is 0 Å². The lowest BCUT2D eigenvalue weighted by Gasteiger charge is -2.22. The van der Waals surface area contributed by atoms with E-state index in [9.17, 15) is 4.79 Å². The largest absolute Gasteiger partial charge is 0.497 e. The molecule has 0 saturated carbocycles. The Kier molecular flexibility index (Phi) is 4.91. The maximum Gasteiger partial charge on any atom is 0.343 e. The van der Waals surface area contributed by atoms with Crippen LogP contribution in [0, 0.1) is 0 Å². The van der Waals surface area contributed by atoms with Gasteiger partial charge in [0.25, 0.3) is 0 Å². The Morgan fingerprint density at radius 3 is 2.23 bits per heavy atom. The van der Waals surface area contributed by atoms with Crippen LogP contribution in [0.2, 0.25) is 0 Å². The molecule has 2 aromatic carbocycles. The Bertz CT molecular complexity index is 670. The molecule has 0 unspecified atom stereocenters. The van der Waals surface area contributed by atoms with E-state index in [4.69, 9.17) is 9.47 Å². The van der Waals surface area contributed by atoms with Crippen molar-refractivity contribution in [1.82, 2.24) is 0 Å². The zero-order valence-electron chi connectivity index (χ0n) is 13.1. The second-order valence-electron chi connectivity index (χ2n) is 6.01. The molecule has 116 valence electrons. The van der Waals surface area contributed by atoms with Crippen LogP contribution in [0.1, 0.15) is 36.7 Å². The van der Waals surface area contributed by atoms with Gasteiger partial charge in [0.2, 0.25) is 0 Å². The molecular weight excluding hydrogens is 344 g/mol. The number of hydrogen-bond donors (Lipinski definition) is 0. The highest BCUT2D eigenvalue weighted by Gasteiger charge is 2.21. The van der Waals surface area contributed by atoms with Crippen molar-refractivity contribution < 1.29 is 14.3 Å². The second-order valence-corrected chi connectivity index (χ2v) is 6.92. The SMILES string of the molecule is COc1ccc(C(=O)Oc2ccc(Br)cc2C(C)(C)C)cc1. The van der Waals surface area contributed by atoms with E-state index in [0.717, 1.165) is 10.0 Å². The number of esters is 1. The molecule has 2 aromatic rings. The van der Waals surface area contributed by atoms with Crippen LogP contribution in [-0.4, -0.2) is 13.1 Å². The average molecular weight is 363 g/mol.